The lowest BCUT2D eigenvalue weighted by molar-refractivity contribution is 0.0527. The molecular formula is C20H19ClN4O3. The minimum Gasteiger partial charge on any atom is -0.495 e. The molecule has 0 fully saturated rings. The first-order valence-corrected chi connectivity index (χ1v) is 8.95. The summed E-state index contributed by atoms with van der Waals surface area (Å²) in [6.45, 7) is 2.06. The Morgan fingerprint density at radius 1 is 1.14 bits per heavy atom. The van der Waals surface area contributed by atoms with E-state index >= 15 is 0 Å². The average Bonchev–Trinajstić information content (AvgIpc) is 2.69. The molecule has 0 amide bonds. The van der Waals surface area contributed by atoms with Gasteiger partial charge >= 0.3 is 5.97 Å². The number of benzene rings is 2. The van der Waals surface area contributed by atoms with Gasteiger partial charge in [-0.25, -0.2) is 9.78 Å². The van der Waals surface area contributed by atoms with E-state index in [9.17, 15) is 4.79 Å². The van der Waals surface area contributed by atoms with Crippen molar-refractivity contribution < 1.29 is 14.3 Å². The predicted octanol–water partition coefficient (Wildman–Crippen LogP) is 4.80. The van der Waals surface area contributed by atoms with Crippen molar-refractivity contribution in [2.75, 3.05) is 24.4 Å². The average molecular weight is 399 g/mol. The fraction of sp³-hybridized carbons (Fsp3) is 0.150. The Hall–Kier alpha value is -3.32. The van der Waals surface area contributed by atoms with Crippen molar-refractivity contribution in [1.29, 1.82) is 0 Å². The summed E-state index contributed by atoms with van der Waals surface area (Å²) in [6.07, 6.45) is 1.61. The van der Waals surface area contributed by atoms with Gasteiger partial charge < -0.3 is 20.1 Å². The van der Waals surface area contributed by atoms with Crippen LogP contribution in [0.1, 0.15) is 17.3 Å². The highest BCUT2D eigenvalue weighted by molar-refractivity contribution is 6.32. The molecule has 144 valence electrons. The van der Waals surface area contributed by atoms with Gasteiger partial charge in [-0.1, -0.05) is 23.7 Å². The number of carbonyl (C=O) groups is 1. The third-order valence-corrected chi connectivity index (χ3v) is 4.04. The number of nitrogens with one attached hydrogen (secondary N) is 2. The molecule has 0 saturated carbocycles. The molecule has 0 radical (unpaired) electrons. The van der Waals surface area contributed by atoms with Gasteiger partial charge in [-0.3, -0.25) is 0 Å². The van der Waals surface area contributed by atoms with Crippen molar-refractivity contribution in [2.45, 2.75) is 6.92 Å². The topological polar surface area (TPSA) is 85.4 Å². The molecule has 0 aliphatic rings. The van der Waals surface area contributed by atoms with Crippen LogP contribution in [0, 0.1) is 0 Å². The summed E-state index contributed by atoms with van der Waals surface area (Å²) in [5.74, 6) is 1.08. The smallest absolute Gasteiger partial charge is 0.340 e. The van der Waals surface area contributed by atoms with E-state index in [2.05, 4.69) is 20.6 Å². The Morgan fingerprint density at radius 2 is 1.96 bits per heavy atom. The molecule has 3 rings (SSSR count). The van der Waals surface area contributed by atoms with E-state index in [1.165, 1.54) is 0 Å². The molecular weight excluding hydrogens is 380 g/mol. The van der Waals surface area contributed by atoms with E-state index in [-0.39, 0.29) is 0 Å². The molecule has 0 unspecified atom stereocenters. The largest absolute Gasteiger partial charge is 0.495 e. The Bertz CT molecular complexity index is 981. The minimum absolute atomic E-state index is 0.299. The molecule has 7 nitrogen and oxygen atoms in total. The Balaban J connectivity index is 1.79. The number of esters is 1. The van der Waals surface area contributed by atoms with Crippen molar-refractivity contribution in [2.24, 2.45) is 0 Å². The maximum Gasteiger partial charge on any atom is 0.340 e. The molecule has 3 aromatic rings. The molecule has 2 N–H and O–H groups in total. The maximum atomic E-state index is 12.1. The first-order valence-electron chi connectivity index (χ1n) is 8.57. The van der Waals surface area contributed by atoms with Gasteiger partial charge in [0.05, 0.1) is 30.0 Å². The highest BCUT2D eigenvalue weighted by atomic mass is 35.5. The highest BCUT2D eigenvalue weighted by Crippen LogP contribution is 2.28. The van der Waals surface area contributed by atoms with Crippen molar-refractivity contribution in [3.8, 4) is 5.75 Å². The lowest BCUT2D eigenvalue weighted by atomic mass is 10.2. The number of halogens is 1. The van der Waals surface area contributed by atoms with Gasteiger partial charge in [-0.2, -0.15) is 4.98 Å². The van der Waals surface area contributed by atoms with Crippen LogP contribution in [0.25, 0.3) is 0 Å². The number of aromatic nitrogens is 2. The van der Waals surface area contributed by atoms with E-state index in [1.54, 1.807) is 56.6 Å². The highest BCUT2D eigenvalue weighted by Gasteiger charge is 2.13. The van der Waals surface area contributed by atoms with Gasteiger partial charge in [-0.15, -0.1) is 0 Å². The first kappa shape index (κ1) is 19.4. The van der Waals surface area contributed by atoms with Crippen LogP contribution in [-0.2, 0) is 4.74 Å². The molecule has 0 saturated heterocycles. The fourth-order valence-electron chi connectivity index (χ4n) is 2.48. The summed E-state index contributed by atoms with van der Waals surface area (Å²) in [6, 6.07) is 14.1. The van der Waals surface area contributed by atoms with Crippen LogP contribution in [0.3, 0.4) is 0 Å². The molecule has 28 heavy (non-hydrogen) atoms. The Labute approximate surface area is 167 Å². The molecule has 0 spiro atoms. The van der Waals surface area contributed by atoms with Gasteiger partial charge in [0.25, 0.3) is 0 Å². The summed E-state index contributed by atoms with van der Waals surface area (Å²) in [4.78, 5) is 20.7. The van der Waals surface area contributed by atoms with Crippen LogP contribution >= 0.6 is 11.6 Å². The van der Waals surface area contributed by atoms with E-state index in [0.717, 1.165) is 5.69 Å². The van der Waals surface area contributed by atoms with E-state index < -0.39 is 5.97 Å². The SMILES string of the molecule is CCOC(=O)c1ccccc1Nc1nccc(Nc2ccc(OC)c(Cl)c2)n1. The van der Waals surface area contributed by atoms with E-state index in [0.29, 0.717) is 40.4 Å². The second kappa shape index (κ2) is 9.05. The van der Waals surface area contributed by atoms with Crippen LogP contribution in [0.15, 0.2) is 54.7 Å². The van der Waals surface area contributed by atoms with Crippen LogP contribution < -0.4 is 15.4 Å². The third kappa shape index (κ3) is 4.69. The zero-order valence-electron chi connectivity index (χ0n) is 15.4. The van der Waals surface area contributed by atoms with Gasteiger partial charge in [0, 0.05) is 11.9 Å². The number of ether oxygens (including phenoxy) is 2. The zero-order valence-corrected chi connectivity index (χ0v) is 16.2. The number of rotatable bonds is 7. The molecule has 0 bridgehead atoms. The van der Waals surface area contributed by atoms with E-state index in [4.69, 9.17) is 21.1 Å². The lowest BCUT2D eigenvalue weighted by Crippen LogP contribution is -2.09. The van der Waals surface area contributed by atoms with Crippen LogP contribution in [-0.4, -0.2) is 29.7 Å². The second-order valence-electron chi connectivity index (χ2n) is 5.63. The quantitative estimate of drug-likeness (QED) is 0.552. The minimum atomic E-state index is -0.409. The van der Waals surface area contributed by atoms with Crippen LogP contribution in [0.5, 0.6) is 5.75 Å². The second-order valence-corrected chi connectivity index (χ2v) is 6.04. The van der Waals surface area contributed by atoms with Crippen LogP contribution in [0.2, 0.25) is 5.02 Å². The van der Waals surface area contributed by atoms with Gasteiger partial charge in [0.15, 0.2) is 0 Å². The van der Waals surface area contributed by atoms with Gasteiger partial charge in [0.1, 0.15) is 11.6 Å². The molecule has 8 heteroatoms. The number of methoxy groups -OCH3 is 1. The molecule has 1 aromatic heterocycles. The summed E-state index contributed by atoms with van der Waals surface area (Å²) in [7, 11) is 1.56. The summed E-state index contributed by atoms with van der Waals surface area (Å²) in [5.41, 5.74) is 1.72. The van der Waals surface area contributed by atoms with Gasteiger partial charge in [0.2, 0.25) is 5.95 Å². The Kier molecular flexibility index (Phi) is 6.29. The molecule has 2 aromatic carbocycles. The summed E-state index contributed by atoms with van der Waals surface area (Å²) < 4.78 is 10.2. The normalized spacial score (nSPS) is 10.2. The van der Waals surface area contributed by atoms with Crippen molar-refractivity contribution in [1.82, 2.24) is 9.97 Å². The third-order valence-electron chi connectivity index (χ3n) is 3.75. The number of carbonyl (C=O) groups excluding carboxylic acids is 1. The zero-order chi connectivity index (χ0) is 19.9. The number of hydrogen-bond donors (Lipinski definition) is 2. The Morgan fingerprint density at radius 3 is 2.71 bits per heavy atom. The maximum absolute atomic E-state index is 12.1. The van der Waals surface area contributed by atoms with Crippen molar-refractivity contribution in [3.63, 3.8) is 0 Å². The van der Waals surface area contributed by atoms with E-state index in [1.807, 2.05) is 12.1 Å². The first-order chi connectivity index (χ1) is 13.6. The van der Waals surface area contributed by atoms with Crippen LogP contribution in [0.4, 0.5) is 23.1 Å². The molecule has 0 aliphatic carbocycles. The molecule has 1 heterocycles. The monoisotopic (exact) mass is 398 g/mol. The number of anilines is 4. The molecule has 0 aliphatic heterocycles. The number of hydrogen-bond acceptors (Lipinski definition) is 7. The van der Waals surface area contributed by atoms with Gasteiger partial charge in [-0.05, 0) is 43.3 Å². The predicted molar refractivity (Wildman–Crippen MR) is 109 cm³/mol. The molecule has 0 atom stereocenters. The number of nitrogens with zero attached hydrogens (tertiary/aromatic N) is 2. The van der Waals surface area contributed by atoms with Crippen molar-refractivity contribution >= 4 is 40.7 Å². The lowest BCUT2D eigenvalue weighted by Gasteiger charge is -2.12. The van der Waals surface area contributed by atoms with Crippen molar-refractivity contribution in [3.05, 3.63) is 65.3 Å². The summed E-state index contributed by atoms with van der Waals surface area (Å²) >= 11 is 6.15. The summed E-state index contributed by atoms with van der Waals surface area (Å²) in [5, 5.41) is 6.70. The number of para-hydroxylation sites is 1. The standard InChI is InChI=1S/C20H19ClN4O3/c1-3-28-19(26)14-6-4-5-7-16(14)24-20-22-11-10-18(25-20)23-13-8-9-17(27-2)15(21)12-13/h4-12H,3H2,1-2H3,(H2,22,23,24,25). The fourth-order valence-corrected chi connectivity index (χ4v) is 2.74.